The topological polar surface area (TPSA) is 94.1 Å². The van der Waals surface area contributed by atoms with Crippen molar-refractivity contribution >= 4 is 5.69 Å². The fraction of sp³-hybridized carbons (Fsp3) is 0.273. The zero-order chi connectivity index (χ0) is 15.6. The van der Waals surface area contributed by atoms with Crippen LogP contribution in [0, 0.1) is 10.1 Å². The van der Waals surface area contributed by atoms with E-state index in [0.717, 1.165) is 11.0 Å². The number of nitro groups is 1. The first-order valence-corrected chi connectivity index (χ1v) is 5.66. The molecule has 0 saturated carbocycles. The zero-order valence-corrected chi connectivity index (χ0v) is 10.4. The van der Waals surface area contributed by atoms with Crippen molar-refractivity contribution < 1.29 is 23.2 Å². The second-order valence-electron chi connectivity index (χ2n) is 4.15. The highest BCUT2D eigenvalue weighted by Crippen LogP contribution is 2.22. The molecule has 21 heavy (non-hydrogen) atoms. The predicted octanol–water partition coefficient (Wildman–Crippen LogP) is 1.78. The van der Waals surface area contributed by atoms with Crippen LogP contribution in [0.2, 0.25) is 0 Å². The quantitative estimate of drug-likeness (QED) is 0.686. The first kappa shape index (κ1) is 14.9. The number of benzene rings is 1. The molecule has 1 N–H and O–H groups in total. The summed E-state index contributed by atoms with van der Waals surface area (Å²) in [7, 11) is 0. The Morgan fingerprint density at radius 1 is 1.33 bits per heavy atom. The van der Waals surface area contributed by atoms with Gasteiger partial charge in [-0.1, -0.05) is 0 Å². The number of nitrogens with zero attached hydrogens (tertiary/aromatic N) is 4. The van der Waals surface area contributed by atoms with Crippen LogP contribution in [-0.4, -0.2) is 37.1 Å². The third-order valence-corrected chi connectivity index (χ3v) is 2.61. The van der Waals surface area contributed by atoms with Crippen LogP contribution in [0.5, 0.6) is 0 Å². The molecule has 2 rings (SSSR count). The van der Waals surface area contributed by atoms with Crippen LogP contribution in [0.3, 0.4) is 0 Å². The Morgan fingerprint density at radius 3 is 2.48 bits per heavy atom. The van der Waals surface area contributed by atoms with E-state index in [9.17, 15) is 23.3 Å². The summed E-state index contributed by atoms with van der Waals surface area (Å²) in [5.74, 6) is 0.110. The van der Waals surface area contributed by atoms with Gasteiger partial charge in [0.05, 0.1) is 11.5 Å². The number of aliphatic hydroxyl groups excluding tert-OH is 1. The zero-order valence-electron chi connectivity index (χ0n) is 10.4. The molecule has 0 fully saturated rings. The van der Waals surface area contributed by atoms with Crippen LogP contribution in [0.4, 0.5) is 18.9 Å². The number of alkyl halides is 3. The molecule has 1 aromatic heterocycles. The number of hydrogen-bond donors (Lipinski definition) is 1. The third-order valence-electron chi connectivity index (χ3n) is 2.61. The molecule has 0 aliphatic rings. The summed E-state index contributed by atoms with van der Waals surface area (Å²) in [5, 5.41) is 23.2. The minimum atomic E-state index is -4.74. The van der Waals surface area contributed by atoms with Gasteiger partial charge < -0.3 is 5.11 Å². The molecular formula is C11H9F3N4O3. The Labute approximate surface area is 115 Å². The second kappa shape index (κ2) is 5.48. The number of halogens is 3. The SMILES string of the molecule is O=[N+]([O-])c1ccc(-c2ncn(CC(O)C(F)(F)F)n2)cc1. The summed E-state index contributed by atoms with van der Waals surface area (Å²) in [4.78, 5) is 13.7. The van der Waals surface area contributed by atoms with Gasteiger partial charge in [0.25, 0.3) is 5.69 Å². The van der Waals surface area contributed by atoms with Gasteiger partial charge in [-0.2, -0.15) is 18.3 Å². The Bertz CT molecular complexity index is 639. The molecule has 10 heteroatoms. The standard InChI is InChI=1S/C11H9F3N4O3/c12-11(13,14)9(19)5-17-6-15-10(16-17)7-1-3-8(4-2-7)18(20)21/h1-4,6,9,19H,5H2. The summed E-state index contributed by atoms with van der Waals surface area (Å²) in [6.45, 7) is -0.774. The highest BCUT2D eigenvalue weighted by molar-refractivity contribution is 5.56. The average Bonchev–Trinajstić information content (AvgIpc) is 2.86. The van der Waals surface area contributed by atoms with Gasteiger partial charge in [-0.3, -0.25) is 10.1 Å². The number of aromatic nitrogens is 3. The lowest BCUT2D eigenvalue weighted by atomic mass is 10.2. The van der Waals surface area contributed by atoms with E-state index >= 15 is 0 Å². The van der Waals surface area contributed by atoms with Crippen LogP contribution < -0.4 is 0 Å². The fourth-order valence-electron chi connectivity index (χ4n) is 1.53. The lowest BCUT2D eigenvalue weighted by Crippen LogP contribution is -2.32. The number of aliphatic hydroxyl groups is 1. The van der Waals surface area contributed by atoms with Crippen LogP contribution in [-0.2, 0) is 6.54 Å². The number of nitro benzene ring substituents is 1. The van der Waals surface area contributed by atoms with Crippen molar-refractivity contribution in [2.75, 3.05) is 0 Å². The van der Waals surface area contributed by atoms with Gasteiger partial charge in [0, 0.05) is 17.7 Å². The van der Waals surface area contributed by atoms with E-state index in [2.05, 4.69) is 10.1 Å². The number of non-ortho nitro benzene ring substituents is 1. The lowest BCUT2D eigenvalue weighted by Gasteiger charge is -2.13. The monoisotopic (exact) mass is 302 g/mol. The summed E-state index contributed by atoms with van der Waals surface area (Å²) >= 11 is 0. The van der Waals surface area contributed by atoms with Gasteiger partial charge in [-0.15, -0.1) is 0 Å². The molecular weight excluding hydrogens is 293 g/mol. The van der Waals surface area contributed by atoms with Gasteiger partial charge in [-0.05, 0) is 12.1 Å². The van der Waals surface area contributed by atoms with E-state index in [-0.39, 0.29) is 11.5 Å². The van der Waals surface area contributed by atoms with Gasteiger partial charge in [0.15, 0.2) is 11.9 Å². The first-order chi connectivity index (χ1) is 9.77. The summed E-state index contributed by atoms with van der Waals surface area (Å²) in [5.41, 5.74) is 0.298. The highest BCUT2D eigenvalue weighted by Gasteiger charge is 2.38. The van der Waals surface area contributed by atoms with Crippen molar-refractivity contribution in [3.05, 3.63) is 40.7 Å². The molecule has 7 nitrogen and oxygen atoms in total. The average molecular weight is 302 g/mol. The maximum absolute atomic E-state index is 12.2. The molecule has 0 radical (unpaired) electrons. The van der Waals surface area contributed by atoms with E-state index < -0.39 is 23.7 Å². The molecule has 2 aromatic rings. The van der Waals surface area contributed by atoms with Gasteiger partial charge in [-0.25, -0.2) is 9.67 Å². The number of hydrogen-bond acceptors (Lipinski definition) is 5. The Hall–Kier alpha value is -2.49. The van der Waals surface area contributed by atoms with Crippen molar-refractivity contribution in [3.63, 3.8) is 0 Å². The molecule has 1 heterocycles. The smallest absolute Gasteiger partial charge is 0.382 e. The summed E-state index contributed by atoms with van der Waals surface area (Å²) in [6, 6.07) is 5.25. The van der Waals surface area contributed by atoms with E-state index in [4.69, 9.17) is 5.11 Å². The highest BCUT2D eigenvalue weighted by atomic mass is 19.4. The largest absolute Gasteiger partial charge is 0.416 e. The summed E-state index contributed by atoms with van der Waals surface area (Å²) < 4.78 is 37.5. The molecule has 0 spiro atoms. The minimum Gasteiger partial charge on any atom is -0.382 e. The second-order valence-corrected chi connectivity index (χ2v) is 4.15. The van der Waals surface area contributed by atoms with E-state index in [1.807, 2.05) is 0 Å². The van der Waals surface area contributed by atoms with E-state index in [1.165, 1.54) is 24.3 Å². The van der Waals surface area contributed by atoms with Crippen molar-refractivity contribution in [2.45, 2.75) is 18.8 Å². The molecule has 1 atom stereocenters. The Balaban J connectivity index is 2.14. The molecule has 1 aromatic carbocycles. The van der Waals surface area contributed by atoms with Gasteiger partial charge in [0.1, 0.15) is 6.33 Å². The predicted molar refractivity (Wildman–Crippen MR) is 64.2 cm³/mol. The molecule has 0 saturated heterocycles. The molecule has 0 amide bonds. The third kappa shape index (κ3) is 3.54. The van der Waals surface area contributed by atoms with E-state index in [1.54, 1.807) is 0 Å². The van der Waals surface area contributed by atoms with Crippen molar-refractivity contribution in [1.29, 1.82) is 0 Å². The van der Waals surface area contributed by atoms with Crippen molar-refractivity contribution in [2.24, 2.45) is 0 Å². The van der Waals surface area contributed by atoms with Crippen molar-refractivity contribution in [1.82, 2.24) is 14.8 Å². The number of rotatable bonds is 4. The van der Waals surface area contributed by atoms with E-state index in [0.29, 0.717) is 5.56 Å². The first-order valence-electron chi connectivity index (χ1n) is 5.66. The molecule has 0 aliphatic carbocycles. The van der Waals surface area contributed by atoms with Crippen LogP contribution in [0.15, 0.2) is 30.6 Å². The van der Waals surface area contributed by atoms with Crippen molar-refractivity contribution in [3.8, 4) is 11.4 Å². The Kier molecular flexibility index (Phi) is 3.89. The fourth-order valence-corrected chi connectivity index (χ4v) is 1.53. The molecule has 112 valence electrons. The molecule has 0 aliphatic heterocycles. The maximum atomic E-state index is 12.2. The van der Waals surface area contributed by atoms with Crippen LogP contribution in [0.1, 0.15) is 0 Å². The van der Waals surface area contributed by atoms with Gasteiger partial charge in [0.2, 0.25) is 0 Å². The van der Waals surface area contributed by atoms with Crippen LogP contribution in [0.25, 0.3) is 11.4 Å². The maximum Gasteiger partial charge on any atom is 0.416 e. The minimum absolute atomic E-state index is 0.110. The normalized spacial score (nSPS) is 13.1. The summed E-state index contributed by atoms with van der Waals surface area (Å²) in [6.07, 6.45) is -6.23. The molecule has 1 unspecified atom stereocenters. The van der Waals surface area contributed by atoms with Crippen LogP contribution >= 0.6 is 0 Å². The molecule has 0 bridgehead atoms. The Morgan fingerprint density at radius 2 is 1.95 bits per heavy atom. The van der Waals surface area contributed by atoms with Gasteiger partial charge >= 0.3 is 6.18 Å². The lowest BCUT2D eigenvalue weighted by molar-refractivity contribution is -0.384.